The van der Waals surface area contributed by atoms with Gasteiger partial charge in [0.15, 0.2) is 11.5 Å². The van der Waals surface area contributed by atoms with E-state index in [4.69, 9.17) is 14.6 Å². The van der Waals surface area contributed by atoms with Crippen LogP contribution in [0.3, 0.4) is 0 Å². The summed E-state index contributed by atoms with van der Waals surface area (Å²) in [6, 6.07) is 4.42. The molecule has 21 heavy (non-hydrogen) atoms. The van der Waals surface area contributed by atoms with Gasteiger partial charge >= 0.3 is 5.97 Å². The van der Waals surface area contributed by atoms with Gasteiger partial charge in [-0.05, 0) is 12.1 Å². The topological polar surface area (TPSA) is 88.1 Å². The monoisotopic (exact) mass is 292 g/mol. The standard InChI is InChI=1S/C14H16N2O5/c17-13(16-5-4-15-10(8-16)14(18)19)9-2-1-3-11-12(9)21-7-6-20-11/h1-3,10,15H,4-8H2,(H,18,19). The van der Waals surface area contributed by atoms with E-state index in [1.54, 1.807) is 18.2 Å². The van der Waals surface area contributed by atoms with Crippen LogP contribution in [0.5, 0.6) is 11.5 Å². The summed E-state index contributed by atoms with van der Waals surface area (Å²) >= 11 is 0. The van der Waals surface area contributed by atoms with Gasteiger partial charge < -0.3 is 24.8 Å². The molecule has 0 spiro atoms. The van der Waals surface area contributed by atoms with E-state index in [1.165, 1.54) is 4.90 Å². The second kappa shape index (κ2) is 5.61. The van der Waals surface area contributed by atoms with Gasteiger partial charge in [0.05, 0.1) is 5.56 Å². The van der Waals surface area contributed by atoms with Crippen LogP contribution in [0.2, 0.25) is 0 Å². The molecule has 0 radical (unpaired) electrons. The number of carbonyl (C=O) groups excluding carboxylic acids is 1. The predicted molar refractivity (Wildman–Crippen MR) is 72.8 cm³/mol. The summed E-state index contributed by atoms with van der Waals surface area (Å²) in [4.78, 5) is 25.2. The minimum absolute atomic E-state index is 0.138. The van der Waals surface area contributed by atoms with E-state index in [9.17, 15) is 9.59 Å². The van der Waals surface area contributed by atoms with Gasteiger partial charge in [-0.3, -0.25) is 9.59 Å². The molecule has 1 fully saturated rings. The Labute approximate surface area is 121 Å². The first-order valence-corrected chi connectivity index (χ1v) is 6.81. The Bertz CT molecular complexity index is 574. The lowest BCUT2D eigenvalue weighted by molar-refractivity contribution is -0.140. The van der Waals surface area contributed by atoms with Crippen LogP contribution in [0.1, 0.15) is 10.4 Å². The second-order valence-electron chi connectivity index (χ2n) is 4.93. The number of rotatable bonds is 2. The highest BCUT2D eigenvalue weighted by molar-refractivity contribution is 5.98. The number of benzene rings is 1. The van der Waals surface area contributed by atoms with Gasteiger partial charge in [0.1, 0.15) is 19.3 Å². The molecule has 0 bridgehead atoms. The van der Waals surface area contributed by atoms with E-state index in [-0.39, 0.29) is 12.5 Å². The first kappa shape index (κ1) is 13.7. The van der Waals surface area contributed by atoms with Gasteiger partial charge in [-0.1, -0.05) is 6.07 Å². The van der Waals surface area contributed by atoms with E-state index in [1.807, 2.05) is 0 Å². The fraction of sp³-hybridized carbons (Fsp3) is 0.429. The Balaban J connectivity index is 1.83. The van der Waals surface area contributed by atoms with Crippen LogP contribution in [0.25, 0.3) is 0 Å². The van der Waals surface area contributed by atoms with Gasteiger partial charge in [0.2, 0.25) is 0 Å². The van der Waals surface area contributed by atoms with Crippen LogP contribution in [0.15, 0.2) is 18.2 Å². The molecule has 1 aromatic carbocycles. The molecule has 3 rings (SSSR count). The molecule has 7 heteroatoms. The summed E-state index contributed by atoms with van der Waals surface area (Å²) in [5.74, 6) is -0.191. The Hall–Kier alpha value is -2.28. The zero-order valence-electron chi connectivity index (χ0n) is 11.4. The molecule has 1 saturated heterocycles. The number of nitrogens with one attached hydrogen (secondary N) is 1. The van der Waals surface area contributed by atoms with Crippen molar-refractivity contribution < 1.29 is 24.2 Å². The number of carbonyl (C=O) groups is 2. The van der Waals surface area contributed by atoms with Crippen molar-refractivity contribution in [3.8, 4) is 11.5 Å². The summed E-state index contributed by atoms with van der Waals surface area (Å²) in [5.41, 5.74) is 0.415. The molecule has 112 valence electrons. The van der Waals surface area contributed by atoms with Gasteiger partial charge in [-0.2, -0.15) is 0 Å². The molecule has 2 N–H and O–H groups in total. The predicted octanol–water partition coefficient (Wildman–Crippen LogP) is -0.0436. The average molecular weight is 292 g/mol. The van der Waals surface area contributed by atoms with Crippen LogP contribution in [-0.4, -0.2) is 60.8 Å². The zero-order chi connectivity index (χ0) is 14.8. The number of hydrogen-bond donors (Lipinski definition) is 2. The Kier molecular flexibility index (Phi) is 3.66. The third-order valence-electron chi connectivity index (χ3n) is 3.56. The number of aliphatic carboxylic acids is 1. The van der Waals surface area contributed by atoms with Gasteiger partial charge in [-0.25, -0.2) is 0 Å². The highest BCUT2D eigenvalue weighted by Gasteiger charge is 2.30. The van der Waals surface area contributed by atoms with Crippen molar-refractivity contribution in [2.75, 3.05) is 32.8 Å². The summed E-state index contributed by atoms with van der Waals surface area (Å²) in [5, 5.41) is 11.9. The van der Waals surface area contributed by atoms with E-state index in [0.29, 0.717) is 43.4 Å². The minimum atomic E-state index is -0.956. The number of hydrogen-bond acceptors (Lipinski definition) is 5. The summed E-state index contributed by atoms with van der Waals surface area (Å²) in [6.07, 6.45) is 0. The maximum atomic E-state index is 12.6. The normalized spacial score (nSPS) is 21.0. The lowest BCUT2D eigenvalue weighted by Gasteiger charge is -2.32. The third-order valence-corrected chi connectivity index (χ3v) is 3.56. The molecule has 1 amide bonds. The van der Waals surface area contributed by atoms with E-state index in [0.717, 1.165) is 0 Å². The first-order chi connectivity index (χ1) is 10.2. The number of ether oxygens (including phenoxy) is 2. The summed E-state index contributed by atoms with van der Waals surface area (Å²) < 4.78 is 11.0. The van der Waals surface area contributed by atoms with Crippen molar-refractivity contribution in [3.05, 3.63) is 23.8 Å². The Morgan fingerprint density at radius 1 is 1.29 bits per heavy atom. The number of carboxylic acids is 1. The number of carboxylic acid groups (broad SMARTS) is 1. The van der Waals surface area contributed by atoms with Crippen molar-refractivity contribution in [2.24, 2.45) is 0 Å². The van der Waals surface area contributed by atoms with Crippen LogP contribution >= 0.6 is 0 Å². The molecule has 7 nitrogen and oxygen atoms in total. The van der Waals surface area contributed by atoms with Crippen LogP contribution < -0.4 is 14.8 Å². The van der Waals surface area contributed by atoms with E-state index < -0.39 is 12.0 Å². The zero-order valence-corrected chi connectivity index (χ0v) is 11.4. The molecule has 1 unspecified atom stereocenters. The smallest absolute Gasteiger partial charge is 0.322 e. The molecular weight excluding hydrogens is 276 g/mol. The van der Waals surface area contributed by atoms with Crippen LogP contribution in [-0.2, 0) is 4.79 Å². The van der Waals surface area contributed by atoms with Crippen molar-refractivity contribution in [1.29, 1.82) is 0 Å². The maximum Gasteiger partial charge on any atom is 0.322 e. The van der Waals surface area contributed by atoms with Crippen molar-refractivity contribution in [2.45, 2.75) is 6.04 Å². The van der Waals surface area contributed by atoms with Gasteiger partial charge in [0, 0.05) is 19.6 Å². The molecule has 0 aromatic heterocycles. The SMILES string of the molecule is O=C(O)C1CN(C(=O)c2cccc3c2OCCO3)CCN1. The van der Waals surface area contributed by atoms with E-state index >= 15 is 0 Å². The van der Waals surface area contributed by atoms with Gasteiger partial charge in [0.25, 0.3) is 5.91 Å². The number of piperazine rings is 1. The fourth-order valence-corrected chi connectivity index (χ4v) is 2.51. The van der Waals surface area contributed by atoms with Crippen molar-refractivity contribution >= 4 is 11.9 Å². The minimum Gasteiger partial charge on any atom is -0.486 e. The Morgan fingerprint density at radius 2 is 2.10 bits per heavy atom. The van der Waals surface area contributed by atoms with Gasteiger partial charge in [-0.15, -0.1) is 0 Å². The molecule has 0 saturated carbocycles. The molecule has 1 atom stereocenters. The van der Waals surface area contributed by atoms with Crippen molar-refractivity contribution in [1.82, 2.24) is 10.2 Å². The van der Waals surface area contributed by atoms with Crippen LogP contribution in [0.4, 0.5) is 0 Å². The second-order valence-corrected chi connectivity index (χ2v) is 4.93. The number of amides is 1. The molecule has 1 aromatic rings. The molecule has 2 aliphatic heterocycles. The highest BCUT2D eigenvalue weighted by atomic mass is 16.6. The number of nitrogens with zero attached hydrogens (tertiary/aromatic N) is 1. The van der Waals surface area contributed by atoms with Crippen molar-refractivity contribution in [3.63, 3.8) is 0 Å². The number of para-hydroxylation sites is 1. The summed E-state index contributed by atoms with van der Waals surface area (Å²) in [6.45, 7) is 1.91. The largest absolute Gasteiger partial charge is 0.486 e. The molecule has 2 aliphatic rings. The molecular formula is C14H16N2O5. The number of fused-ring (bicyclic) bond motifs is 1. The lowest BCUT2D eigenvalue weighted by atomic mass is 10.1. The quantitative estimate of drug-likeness (QED) is 0.795. The molecule has 2 heterocycles. The first-order valence-electron chi connectivity index (χ1n) is 6.81. The molecule has 0 aliphatic carbocycles. The van der Waals surface area contributed by atoms with E-state index in [2.05, 4.69) is 5.32 Å². The lowest BCUT2D eigenvalue weighted by Crippen LogP contribution is -2.55. The third kappa shape index (κ3) is 2.64. The van der Waals surface area contributed by atoms with Crippen LogP contribution in [0, 0.1) is 0 Å². The Morgan fingerprint density at radius 3 is 2.90 bits per heavy atom. The fourth-order valence-electron chi connectivity index (χ4n) is 2.51. The maximum absolute atomic E-state index is 12.6. The summed E-state index contributed by atoms with van der Waals surface area (Å²) in [7, 11) is 0. The average Bonchev–Trinajstić information content (AvgIpc) is 2.53. The highest BCUT2D eigenvalue weighted by Crippen LogP contribution is 2.34.